The Morgan fingerprint density at radius 1 is 0.852 bits per heavy atom. The minimum Gasteiger partial charge on any atom is -0.168 e. The van der Waals surface area contributed by atoms with Gasteiger partial charge in [-0.15, -0.1) is 59.3 Å². The van der Waals surface area contributed by atoms with Crippen LogP contribution in [0.5, 0.6) is 0 Å². The van der Waals surface area contributed by atoms with E-state index in [0.717, 1.165) is 6.26 Å². The maximum absolute atomic E-state index is 10.4. The van der Waals surface area contributed by atoms with Gasteiger partial charge in [-0.3, -0.25) is 0 Å². The van der Waals surface area contributed by atoms with E-state index in [2.05, 4.69) is 84.9 Å². The minimum atomic E-state index is -2.89. The third kappa shape index (κ3) is 8.66. The molecule has 6 heteroatoms. The molecule has 0 bridgehead atoms. The van der Waals surface area contributed by atoms with Crippen molar-refractivity contribution in [2.45, 2.75) is 0 Å². The number of benzene rings is 2. The summed E-state index contributed by atoms with van der Waals surface area (Å²) in [6.45, 7) is 0. The Morgan fingerprint density at radius 3 is 1.63 bits per heavy atom. The normalized spacial score (nSPS) is 10.5. The third-order valence-corrected chi connectivity index (χ3v) is 8.22. The smallest absolute Gasteiger partial charge is 0.0809 e. The van der Waals surface area contributed by atoms with Crippen LogP contribution in [0.3, 0.4) is 0 Å². The molecule has 2 nitrogen and oxygen atoms in total. The monoisotopic (exact) mass is 496 g/mol. The number of sulfone groups is 1. The summed E-state index contributed by atoms with van der Waals surface area (Å²) in [4.78, 5) is 0. The van der Waals surface area contributed by atoms with Gasteiger partial charge in [0, 0.05) is 0 Å². The summed E-state index contributed by atoms with van der Waals surface area (Å²) in [7, 11) is 7.96. The van der Waals surface area contributed by atoms with Crippen molar-refractivity contribution >= 4 is 52.1 Å². The van der Waals surface area contributed by atoms with Gasteiger partial charge >= 0.3 is 69.9 Å². The molecule has 4 rings (SSSR count). The zero-order chi connectivity index (χ0) is 19.7. The first-order valence-corrected chi connectivity index (χ1v) is 18.1. The van der Waals surface area contributed by atoms with Crippen LogP contribution < -0.4 is 0 Å². The number of rotatable bonds is 2. The van der Waals surface area contributed by atoms with E-state index in [4.69, 9.17) is 17.0 Å². The first-order valence-electron chi connectivity index (χ1n) is 8.25. The Bertz CT molecular complexity index is 981. The molecule has 27 heavy (non-hydrogen) atoms. The van der Waals surface area contributed by atoms with E-state index in [-0.39, 0.29) is 5.75 Å². The summed E-state index contributed by atoms with van der Waals surface area (Å²) in [5, 5.41) is 5.32. The summed E-state index contributed by atoms with van der Waals surface area (Å²) in [6, 6.07) is 29.3. The molecule has 4 aromatic carbocycles. The van der Waals surface area contributed by atoms with Crippen molar-refractivity contribution in [1.29, 1.82) is 0 Å². The van der Waals surface area contributed by atoms with Crippen LogP contribution in [0.2, 0.25) is 0 Å². The van der Waals surface area contributed by atoms with Gasteiger partial charge in [-0.2, -0.15) is 35.0 Å². The van der Waals surface area contributed by atoms with Crippen LogP contribution in [-0.2, 0) is 28.7 Å². The fourth-order valence-electron chi connectivity index (χ4n) is 2.35. The van der Waals surface area contributed by atoms with Crippen LogP contribution >= 0.6 is 17.0 Å². The van der Waals surface area contributed by atoms with Gasteiger partial charge in [0.2, 0.25) is 0 Å². The number of fused-ring (bicyclic) bond motifs is 2. The second-order valence-corrected chi connectivity index (χ2v) is 16.5. The van der Waals surface area contributed by atoms with Crippen LogP contribution in [0, 0.1) is 0 Å². The predicted molar refractivity (Wildman–Crippen MR) is 117 cm³/mol. The Kier molecular flexibility index (Phi) is 9.11. The van der Waals surface area contributed by atoms with Gasteiger partial charge in [-0.05, 0) is 0 Å². The van der Waals surface area contributed by atoms with E-state index < -0.39 is 28.7 Å². The summed E-state index contributed by atoms with van der Waals surface area (Å²) in [5.74, 6) is 0.0226. The zero-order valence-electron chi connectivity index (χ0n) is 14.8. The van der Waals surface area contributed by atoms with Gasteiger partial charge in [-0.1, -0.05) is 12.1 Å². The summed E-state index contributed by atoms with van der Waals surface area (Å²) in [6.07, 6.45) is 1.16. The molecule has 0 saturated carbocycles. The summed E-state index contributed by atoms with van der Waals surface area (Å²) >= 11 is -2.30. The maximum atomic E-state index is 10.4. The van der Waals surface area contributed by atoms with Crippen LogP contribution in [0.4, 0.5) is 0 Å². The molecule has 0 radical (unpaired) electrons. The number of hydrogen-bond acceptors (Lipinski definition) is 2. The molecule has 0 fully saturated rings. The second kappa shape index (κ2) is 11.1. The topological polar surface area (TPSA) is 34.1 Å². The average Bonchev–Trinajstić information content (AvgIpc) is 3.29. The van der Waals surface area contributed by atoms with Gasteiger partial charge in [0.1, 0.15) is 0 Å². The minimum absolute atomic E-state index is 0.0226. The molecule has 0 aromatic heterocycles. The first-order chi connectivity index (χ1) is 12.8. The van der Waals surface area contributed by atoms with Crippen molar-refractivity contribution in [2.24, 2.45) is 0 Å². The van der Waals surface area contributed by atoms with Crippen molar-refractivity contribution in [3.63, 3.8) is 0 Å². The van der Waals surface area contributed by atoms with Crippen molar-refractivity contribution in [1.82, 2.24) is 0 Å². The third-order valence-electron chi connectivity index (χ3n) is 3.64. The van der Waals surface area contributed by atoms with Gasteiger partial charge in [0.15, 0.2) is 0 Å². The Balaban J connectivity index is 0.000000145. The molecular formula is C21H20Cl2O2SZr-2. The van der Waals surface area contributed by atoms with Crippen LogP contribution in [-0.4, -0.2) is 24.1 Å². The molecule has 0 spiro atoms. The van der Waals surface area contributed by atoms with Gasteiger partial charge in [0.25, 0.3) is 0 Å². The van der Waals surface area contributed by atoms with E-state index in [1.54, 1.807) is 0 Å². The zero-order valence-corrected chi connectivity index (χ0v) is 19.6. The van der Waals surface area contributed by atoms with E-state index in [9.17, 15) is 8.42 Å². The number of hydrogen-bond donors (Lipinski definition) is 0. The summed E-state index contributed by atoms with van der Waals surface area (Å²) < 4.78 is 22.4. The maximum Gasteiger partial charge on any atom is -0.0809 e. The molecule has 0 unspecified atom stereocenters. The molecule has 0 N–H and O–H groups in total. The fraction of sp³-hybridized carbons (Fsp3) is 0.0952. The molecule has 0 saturated heterocycles. The first kappa shape index (κ1) is 22.2. The van der Waals surface area contributed by atoms with Gasteiger partial charge in [-0.25, -0.2) is 0 Å². The SMILES string of the molecule is CS(=O)(=O)C[CH]=[Zr]([Cl])[Cl].c1ccc2[cH-]ccc2c1.c1ccc2[cH-]ccc2c1. The van der Waals surface area contributed by atoms with Gasteiger partial charge in [0.05, 0.1) is 0 Å². The quantitative estimate of drug-likeness (QED) is 0.324. The molecule has 4 aromatic rings. The molecule has 0 aliphatic carbocycles. The van der Waals surface area contributed by atoms with E-state index in [0.29, 0.717) is 0 Å². The van der Waals surface area contributed by atoms with Crippen molar-refractivity contribution in [3.05, 3.63) is 84.9 Å². The predicted octanol–water partition coefficient (Wildman–Crippen LogP) is 5.88. The molecule has 142 valence electrons. The molecule has 0 atom stereocenters. The molecule has 0 aliphatic heterocycles. The largest absolute Gasteiger partial charge is 0.168 e. The Hall–Kier alpha value is -1.06. The molecule has 0 amide bonds. The number of halogens is 2. The van der Waals surface area contributed by atoms with Gasteiger partial charge < -0.3 is 0 Å². The Labute approximate surface area is 175 Å². The standard InChI is InChI=1S/2C9H7.C3H6O2S.2ClH.Zr/c2*1-2-5-9-7-3-6-8(9)4-1;1-3-6(2,4)5;;;/h2*1-7H;1H,3H2,2H3;2*1H;/q2*-1;;;;+2/p-2. The van der Waals surface area contributed by atoms with Crippen molar-refractivity contribution in [2.75, 3.05) is 12.0 Å². The fourth-order valence-corrected chi connectivity index (χ4v) is 8.18. The molecule has 0 aliphatic rings. The Morgan fingerprint density at radius 2 is 1.30 bits per heavy atom. The van der Waals surface area contributed by atoms with Crippen LogP contribution in [0.15, 0.2) is 84.9 Å². The van der Waals surface area contributed by atoms with Crippen LogP contribution in [0.25, 0.3) is 21.5 Å². The summed E-state index contributed by atoms with van der Waals surface area (Å²) in [5.41, 5.74) is 0. The van der Waals surface area contributed by atoms with Crippen molar-refractivity contribution in [3.8, 4) is 0 Å². The second-order valence-electron chi connectivity index (χ2n) is 5.90. The van der Waals surface area contributed by atoms with E-state index >= 15 is 0 Å². The van der Waals surface area contributed by atoms with Crippen molar-refractivity contribution < 1.29 is 27.3 Å². The van der Waals surface area contributed by atoms with E-state index in [1.165, 1.54) is 25.3 Å². The molecule has 0 heterocycles. The van der Waals surface area contributed by atoms with Crippen LogP contribution in [0.1, 0.15) is 0 Å². The van der Waals surface area contributed by atoms with E-state index in [1.807, 2.05) is 0 Å². The average molecular weight is 499 g/mol. The molecular weight excluding hydrogens is 478 g/mol.